The minimum absolute atomic E-state index is 0.109. The van der Waals surface area contributed by atoms with Gasteiger partial charge >= 0.3 is 10.2 Å². The first-order valence-corrected chi connectivity index (χ1v) is 10.4. The van der Waals surface area contributed by atoms with Crippen LogP contribution in [0.1, 0.15) is 13.3 Å². The Kier molecular flexibility index (Phi) is 5.11. The molecule has 0 bridgehead atoms. The van der Waals surface area contributed by atoms with Crippen LogP contribution >= 0.6 is 0 Å². The quantitative estimate of drug-likeness (QED) is 0.739. The van der Waals surface area contributed by atoms with Gasteiger partial charge in [-0.1, -0.05) is 0 Å². The largest absolute Gasteiger partial charge is 0.351 e. The highest BCUT2D eigenvalue weighted by Gasteiger charge is 2.32. The molecule has 2 heterocycles. The molecule has 11 heteroatoms. The smallest absolute Gasteiger partial charge is 0.302 e. The van der Waals surface area contributed by atoms with Gasteiger partial charge in [-0.3, -0.25) is 4.72 Å². The molecule has 1 aromatic rings. The molecule has 0 amide bonds. The second-order valence-electron chi connectivity index (χ2n) is 5.51. The summed E-state index contributed by atoms with van der Waals surface area (Å²) in [4.78, 5) is 1.88. The Balaban J connectivity index is 2.15. The summed E-state index contributed by atoms with van der Waals surface area (Å²) in [6.07, 6.45) is 0.562. The van der Waals surface area contributed by atoms with Crippen molar-refractivity contribution in [2.75, 3.05) is 41.8 Å². The summed E-state index contributed by atoms with van der Waals surface area (Å²) in [7, 11) is -3.81. The van der Waals surface area contributed by atoms with Gasteiger partial charge in [-0.15, -0.1) is 10.2 Å². The van der Waals surface area contributed by atoms with Crippen molar-refractivity contribution in [1.29, 1.82) is 0 Å². The third-order valence-electron chi connectivity index (χ3n) is 3.65. The molecule has 0 aromatic carbocycles. The third kappa shape index (κ3) is 4.30. The minimum atomic E-state index is -3.63. The number of hydrogen-bond acceptors (Lipinski definition) is 7. The Labute approximate surface area is 136 Å². The van der Waals surface area contributed by atoms with Crippen LogP contribution in [0.15, 0.2) is 12.1 Å². The second kappa shape index (κ2) is 6.57. The molecule has 0 saturated carbocycles. The van der Waals surface area contributed by atoms with Crippen LogP contribution in [-0.2, 0) is 20.0 Å². The van der Waals surface area contributed by atoms with Crippen LogP contribution in [0.25, 0.3) is 0 Å². The number of sulfone groups is 1. The molecule has 1 atom stereocenters. The number of anilines is 2. The van der Waals surface area contributed by atoms with Gasteiger partial charge in [0.1, 0.15) is 0 Å². The fraction of sp³-hybridized carbons (Fsp3) is 0.667. The molecule has 0 spiro atoms. The third-order valence-corrected chi connectivity index (χ3v) is 6.83. The van der Waals surface area contributed by atoms with E-state index in [9.17, 15) is 16.8 Å². The Morgan fingerprint density at radius 1 is 1.30 bits per heavy atom. The molecule has 1 N–H and O–H groups in total. The first-order chi connectivity index (χ1) is 10.6. The van der Waals surface area contributed by atoms with Crippen LogP contribution < -0.4 is 9.62 Å². The lowest BCUT2D eigenvalue weighted by molar-refractivity contribution is 0.526. The van der Waals surface area contributed by atoms with Crippen molar-refractivity contribution < 1.29 is 16.8 Å². The van der Waals surface area contributed by atoms with E-state index in [1.165, 1.54) is 20.2 Å². The summed E-state index contributed by atoms with van der Waals surface area (Å²) in [6.45, 7) is 2.51. The number of aromatic nitrogens is 2. The topological polar surface area (TPSA) is 113 Å². The van der Waals surface area contributed by atoms with Crippen LogP contribution in [0.4, 0.5) is 11.6 Å². The summed E-state index contributed by atoms with van der Waals surface area (Å²) in [5.74, 6) is 0.930. The predicted molar refractivity (Wildman–Crippen MR) is 88.3 cm³/mol. The van der Waals surface area contributed by atoms with Crippen molar-refractivity contribution in [3.05, 3.63) is 12.1 Å². The van der Waals surface area contributed by atoms with Gasteiger partial charge in [0.2, 0.25) is 0 Å². The van der Waals surface area contributed by atoms with E-state index in [-0.39, 0.29) is 23.4 Å². The highest BCUT2D eigenvalue weighted by Crippen LogP contribution is 2.23. The van der Waals surface area contributed by atoms with E-state index < -0.39 is 20.0 Å². The van der Waals surface area contributed by atoms with Gasteiger partial charge < -0.3 is 4.90 Å². The Morgan fingerprint density at radius 3 is 2.43 bits per heavy atom. The predicted octanol–water partition coefficient (Wildman–Crippen LogP) is -0.292. The van der Waals surface area contributed by atoms with Gasteiger partial charge in [0.05, 0.1) is 11.5 Å². The first kappa shape index (κ1) is 17.9. The second-order valence-corrected chi connectivity index (χ2v) is 9.62. The number of hydrogen-bond donors (Lipinski definition) is 1. The maximum Gasteiger partial charge on any atom is 0.302 e. The van der Waals surface area contributed by atoms with E-state index in [0.29, 0.717) is 18.8 Å². The van der Waals surface area contributed by atoms with E-state index in [4.69, 9.17) is 0 Å². The summed E-state index contributed by atoms with van der Waals surface area (Å²) >= 11 is 0. The fourth-order valence-electron chi connectivity index (χ4n) is 2.38. The number of nitrogens with one attached hydrogen (secondary N) is 1. The van der Waals surface area contributed by atoms with Crippen molar-refractivity contribution >= 4 is 31.7 Å². The zero-order chi connectivity index (χ0) is 17.3. The van der Waals surface area contributed by atoms with Crippen molar-refractivity contribution in [2.24, 2.45) is 0 Å². The van der Waals surface area contributed by atoms with Crippen LogP contribution in [0, 0.1) is 0 Å². The molecule has 9 nitrogen and oxygen atoms in total. The van der Waals surface area contributed by atoms with Gasteiger partial charge in [-0.2, -0.15) is 12.7 Å². The average Bonchev–Trinajstić information content (AvgIpc) is 2.81. The van der Waals surface area contributed by atoms with E-state index >= 15 is 0 Å². The van der Waals surface area contributed by atoms with Gasteiger partial charge in [-0.25, -0.2) is 8.42 Å². The van der Waals surface area contributed by atoms with Crippen LogP contribution in [0.2, 0.25) is 0 Å². The van der Waals surface area contributed by atoms with Crippen molar-refractivity contribution in [3.8, 4) is 0 Å². The Hall–Kier alpha value is -1.46. The Bertz CT molecular complexity index is 746. The average molecular weight is 363 g/mol. The summed E-state index contributed by atoms with van der Waals surface area (Å²) in [5, 5.41) is 7.89. The van der Waals surface area contributed by atoms with E-state index in [1.54, 1.807) is 6.07 Å². The number of nitrogens with zero attached hydrogens (tertiary/aromatic N) is 4. The van der Waals surface area contributed by atoms with Crippen LogP contribution in [-0.4, -0.2) is 69.5 Å². The zero-order valence-electron chi connectivity index (χ0n) is 13.3. The zero-order valence-corrected chi connectivity index (χ0v) is 14.9. The van der Waals surface area contributed by atoms with E-state index in [1.807, 2.05) is 11.8 Å². The Morgan fingerprint density at radius 2 is 2.00 bits per heavy atom. The molecular weight excluding hydrogens is 342 g/mol. The molecule has 23 heavy (non-hydrogen) atoms. The van der Waals surface area contributed by atoms with Crippen molar-refractivity contribution in [3.63, 3.8) is 0 Å². The van der Waals surface area contributed by atoms with Crippen molar-refractivity contribution in [1.82, 2.24) is 14.5 Å². The lowest BCUT2D eigenvalue weighted by Gasteiger charge is -2.27. The summed E-state index contributed by atoms with van der Waals surface area (Å²) < 4.78 is 50.0. The summed E-state index contributed by atoms with van der Waals surface area (Å²) in [6, 6.07) is 3.02. The normalized spacial score (nSPS) is 20.6. The molecule has 1 fully saturated rings. The molecule has 0 aliphatic carbocycles. The van der Waals surface area contributed by atoms with Gasteiger partial charge in [-0.05, 0) is 25.5 Å². The van der Waals surface area contributed by atoms with Gasteiger partial charge in [0.15, 0.2) is 21.5 Å². The number of rotatable bonds is 6. The standard InChI is InChI=1S/C12H21N5O4S2/c1-4-17(10-7-8-22(18,19)9-10)12-6-5-11(13-14-12)15-23(20,21)16(2)3/h5-6,10H,4,7-9H2,1-3H3,(H,13,15). The molecule has 0 radical (unpaired) electrons. The molecule has 1 aliphatic rings. The maximum absolute atomic E-state index is 11.7. The molecule has 1 aliphatic heterocycles. The molecule has 1 aromatic heterocycles. The van der Waals surface area contributed by atoms with Crippen LogP contribution in [0.5, 0.6) is 0 Å². The molecule has 1 unspecified atom stereocenters. The molecular formula is C12H21N5O4S2. The monoisotopic (exact) mass is 363 g/mol. The van der Waals surface area contributed by atoms with E-state index in [0.717, 1.165) is 4.31 Å². The fourth-order valence-corrected chi connectivity index (χ4v) is 4.67. The molecule has 130 valence electrons. The maximum atomic E-state index is 11.7. The first-order valence-electron chi connectivity index (χ1n) is 7.15. The summed E-state index contributed by atoms with van der Waals surface area (Å²) in [5.41, 5.74) is 0. The van der Waals surface area contributed by atoms with E-state index in [2.05, 4.69) is 14.9 Å². The van der Waals surface area contributed by atoms with Crippen molar-refractivity contribution in [2.45, 2.75) is 19.4 Å². The van der Waals surface area contributed by atoms with Gasteiger partial charge in [0.25, 0.3) is 0 Å². The lowest BCUT2D eigenvalue weighted by atomic mass is 10.2. The lowest BCUT2D eigenvalue weighted by Crippen LogP contribution is -2.37. The highest BCUT2D eigenvalue weighted by molar-refractivity contribution is 7.91. The van der Waals surface area contributed by atoms with Crippen LogP contribution in [0.3, 0.4) is 0 Å². The van der Waals surface area contributed by atoms with Gasteiger partial charge in [0, 0.05) is 26.7 Å². The SMILES string of the molecule is CCN(c1ccc(NS(=O)(=O)N(C)C)nn1)C1CCS(=O)(=O)C1. The molecule has 1 saturated heterocycles. The molecule has 2 rings (SSSR count). The highest BCUT2D eigenvalue weighted by atomic mass is 32.2. The minimum Gasteiger partial charge on any atom is -0.351 e.